The molecule has 0 amide bonds. The van der Waals surface area contributed by atoms with Gasteiger partial charge in [0.2, 0.25) is 0 Å². The van der Waals surface area contributed by atoms with E-state index in [1.54, 1.807) is 0 Å². The van der Waals surface area contributed by atoms with E-state index in [4.69, 9.17) is 0 Å². The maximum atomic E-state index is 4.66. The summed E-state index contributed by atoms with van der Waals surface area (Å²) in [6.45, 7) is 0. The second kappa shape index (κ2) is 7.44. The minimum atomic E-state index is 0. The van der Waals surface area contributed by atoms with E-state index in [0.29, 0.717) is 0 Å². The van der Waals surface area contributed by atoms with Gasteiger partial charge in [0.25, 0.3) is 0 Å². The molecule has 0 N–H and O–H groups in total. The Kier molecular flexibility index (Phi) is 4.85. The molecule has 4 aromatic carbocycles. The number of aromatic nitrogens is 1. The zero-order valence-corrected chi connectivity index (χ0v) is 16.9. The largest absolute Gasteiger partial charge is 0.304 e. The molecule has 5 rings (SSSR count). The van der Waals surface area contributed by atoms with Crippen LogP contribution >= 0.6 is 0 Å². The second-order valence-corrected chi connectivity index (χ2v) is 6.43. The van der Waals surface area contributed by atoms with E-state index >= 15 is 0 Å². The standard InChI is InChI=1S/C25H16N.Ir/c1-2-6-18(7-3-1)19-10-13-21(14-11-19)25-16-24-22(17-26-25)15-12-20-8-4-5-9-23(20)24;/h1-13,15-17H;/q-1;. The summed E-state index contributed by atoms with van der Waals surface area (Å²) in [5, 5.41) is 4.90. The topological polar surface area (TPSA) is 12.9 Å². The second-order valence-electron chi connectivity index (χ2n) is 6.43. The average molecular weight is 523 g/mol. The Balaban J connectivity index is 0.00000180. The van der Waals surface area contributed by atoms with Gasteiger partial charge >= 0.3 is 0 Å². The predicted octanol–water partition coefficient (Wildman–Crippen LogP) is 6.52. The van der Waals surface area contributed by atoms with Crippen molar-refractivity contribution in [2.45, 2.75) is 0 Å². The molecule has 0 bridgehead atoms. The molecular weight excluding hydrogens is 506 g/mol. The van der Waals surface area contributed by atoms with Crippen molar-refractivity contribution in [2.24, 2.45) is 0 Å². The maximum Gasteiger partial charge on any atom is 0.0239 e. The number of rotatable bonds is 2. The molecule has 0 aliphatic rings. The monoisotopic (exact) mass is 523 g/mol. The molecule has 0 fully saturated rings. The first-order valence-electron chi connectivity index (χ1n) is 8.73. The first-order valence-corrected chi connectivity index (χ1v) is 8.73. The van der Waals surface area contributed by atoms with Gasteiger partial charge < -0.3 is 4.98 Å². The van der Waals surface area contributed by atoms with Gasteiger partial charge in [0.15, 0.2) is 0 Å². The first kappa shape index (κ1) is 17.6. The summed E-state index contributed by atoms with van der Waals surface area (Å²) in [5.41, 5.74) is 4.33. The van der Waals surface area contributed by atoms with Gasteiger partial charge in [-0.05, 0) is 27.2 Å². The zero-order chi connectivity index (χ0) is 17.3. The van der Waals surface area contributed by atoms with E-state index in [2.05, 4.69) is 89.9 Å². The third-order valence-corrected chi connectivity index (χ3v) is 4.82. The normalized spacial score (nSPS) is 10.7. The quantitative estimate of drug-likeness (QED) is 0.190. The summed E-state index contributed by atoms with van der Waals surface area (Å²) >= 11 is 0. The van der Waals surface area contributed by atoms with E-state index in [-0.39, 0.29) is 20.1 Å². The van der Waals surface area contributed by atoms with Crippen molar-refractivity contribution in [1.82, 2.24) is 4.98 Å². The van der Waals surface area contributed by atoms with Crippen molar-refractivity contribution in [3.8, 4) is 22.4 Å². The summed E-state index contributed by atoms with van der Waals surface area (Å²) in [6, 6.07) is 35.0. The molecule has 0 saturated heterocycles. The Morgan fingerprint density at radius 3 is 2.22 bits per heavy atom. The van der Waals surface area contributed by atoms with Crippen molar-refractivity contribution >= 4 is 21.5 Å². The molecule has 131 valence electrons. The van der Waals surface area contributed by atoms with Crippen LogP contribution in [0.2, 0.25) is 0 Å². The Labute approximate surface area is 172 Å². The third kappa shape index (κ3) is 3.30. The van der Waals surface area contributed by atoms with Gasteiger partial charge in [-0.1, -0.05) is 83.9 Å². The number of fused-ring (bicyclic) bond motifs is 3. The summed E-state index contributed by atoms with van der Waals surface area (Å²) in [4.78, 5) is 4.66. The van der Waals surface area contributed by atoms with Gasteiger partial charge in [0.05, 0.1) is 0 Å². The molecule has 0 unspecified atom stereocenters. The van der Waals surface area contributed by atoms with Gasteiger partial charge in [-0.15, -0.1) is 29.8 Å². The first-order chi connectivity index (χ1) is 12.9. The molecule has 27 heavy (non-hydrogen) atoms. The van der Waals surface area contributed by atoms with Crippen LogP contribution in [0.3, 0.4) is 0 Å². The van der Waals surface area contributed by atoms with Crippen LogP contribution in [-0.2, 0) is 20.1 Å². The fourth-order valence-electron chi connectivity index (χ4n) is 3.44. The smallest absolute Gasteiger partial charge is 0.0239 e. The molecule has 5 aromatic rings. The number of hydrogen-bond donors (Lipinski definition) is 0. The zero-order valence-electron chi connectivity index (χ0n) is 14.5. The van der Waals surface area contributed by atoms with Crippen LogP contribution in [0.4, 0.5) is 0 Å². The average Bonchev–Trinajstić information content (AvgIpc) is 2.74. The Morgan fingerprint density at radius 1 is 0.630 bits per heavy atom. The van der Waals surface area contributed by atoms with E-state index in [9.17, 15) is 0 Å². The summed E-state index contributed by atoms with van der Waals surface area (Å²) in [6.07, 6.45) is 1.95. The maximum absolute atomic E-state index is 4.66. The van der Waals surface area contributed by atoms with Crippen molar-refractivity contribution in [3.05, 3.63) is 103 Å². The van der Waals surface area contributed by atoms with Crippen molar-refractivity contribution in [1.29, 1.82) is 0 Å². The molecule has 1 radical (unpaired) electrons. The van der Waals surface area contributed by atoms with Crippen molar-refractivity contribution in [2.75, 3.05) is 0 Å². The van der Waals surface area contributed by atoms with Crippen LogP contribution in [0, 0.1) is 6.07 Å². The number of pyridine rings is 1. The van der Waals surface area contributed by atoms with E-state index in [1.165, 1.54) is 27.3 Å². The van der Waals surface area contributed by atoms with Crippen LogP contribution < -0.4 is 0 Å². The van der Waals surface area contributed by atoms with Crippen molar-refractivity contribution < 1.29 is 20.1 Å². The van der Waals surface area contributed by atoms with Crippen LogP contribution in [0.15, 0.2) is 97.2 Å². The Hall–Kier alpha value is -2.80. The fraction of sp³-hybridized carbons (Fsp3) is 0. The predicted molar refractivity (Wildman–Crippen MR) is 109 cm³/mol. The van der Waals surface area contributed by atoms with Gasteiger partial charge in [-0.25, -0.2) is 0 Å². The molecule has 1 heterocycles. The minimum Gasteiger partial charge on any atom is -0.304 e. The molecule has 1 aromatic heterocycles. The van der Waals surface area contributed by atoms with E-state index in [1.807, 2.05) is 18.3 Å². The van der Waals surface area contributed by atoms with Gasteiger partial charge in [-0.2, -0.15) is 0 Å². The molecule has 2 heteroatoms. The van der Waals surface area contributed by atoms with E-state index < -0.39 is 0 Å². The van der Waals surface area contributed by atoms with Gasteiger partial charge in [-0.3, -0.25) is 0 Å². The molecule has 0 atom stereocenters. The molecular formula is C25H16IrN-. The van der Waals surface area contributed by atoms with Crippen LogP contribution in [0.5, 0.6) is 0 Å². The van der Waals surface area contributed by atoms with Gasteiger partial charge in [0, 0.05) is 26.3 Å². The molecule has 0 aliphatic heterocycles. The van der Waals surface area contributed by atoms with Crippen molar-refractivity contribution in [3.63, 3.8) is 0 Å². The third-order valence-electron chi connectivity index (χ3n) is 4.82. The minimum absolute atomic E-state index is 0. The molecule has 0 spiro atoms. The summed E-state index contributed by atoms with van der Waals surface area (Å²) < 4.78 is 0. The molecule has 0 saturated carbocycles. The number of hydrogen-bond acceptors (Lipinski definition) is 1. The Morgan fingerprint density at radius 2 is 1.41 bits per heavy atom. The van der Waals surface area contributed by atoms with Crippen LogP contribution in [0.25, 0.3) is 43.9 Å². The summed E-state index contributed by atoms with van der Waals surface area (Å²) in [7, 11) is 0. The number of nitrogens with zero attached hydrogens (tertiary/aromatic N) is 1. The van der Waals surface area contributed by atoms with Crippen LogP contribution in [-0.4, -0.2) is 4.98 Å². The molecule has 1 nitrogen and oxygen atoms in total. The fourth-order valence-corrected chi connectivity index (χ4v) is 3.44. The number of benzene rings is 4. The summed E-state index contributed by atoms with van der Waals surface area (Å²) in [5.74, 6) is 0. The Bertz CT molecular complexity index is 1210. The SMILES string of the molecule is [Ir].[c-]1cc(-c2ccccc2)ccc1-c1cc2c(ccc3ccccc32)cn1. The van der Waals surface area contributed by atoms with E-state index in [0.717, 1.165) is 16.6 Å². The molecule has 0 aliphatic carbocycles. The van der Waals surface area contributed by atoms with Crippen LogP contribution in [0.1, 0.15) is 0 Å². The van der Waals surface area contributed by atoms with Gasteiger partial charge in [0.1, 0.15) is 0 Å².